The fraction of sp³-hybridized carbons (Fsp3) is 0.375. The number of allylic oxidation sites excluding steroid dienone is 3. The Hall–Kier alpha value is -3.04. The van der Waals surface area contributed by atoms with Gasteiger partial charge in [0.05, 0.1) is 22.2 Å². The molecule has 1 fully saturated rings. The second kappa shape index (κ2) is 13.7. The predicted molar refractivity (Wildman–Crippen MR) is 168 cm³/mol. The Labute approximate surface area is 249 Å². The molecule has 2 aromatic carbocycles. The van der Waals surface area contributed by atoms with Crippen LogP contribution in [0.1, 0.15) is 61.4 Å². The maximum absolute atomic E-state index is 13.3. The quantitative estimate of drug-likeness (QED) is 0.265. The first-order chi connectivity index (χ1) is 19.5. The fourth-order valence-electron chi connectivity index (χ4n) is 5.33. The van der Waals surface area contributed by atoms with Crippen molar-refractivity contribution in [2.45, 2.75) is 45.4 Å². The van der Waals surface area contributed by atoms with Crippen LogP contribution < -0.4 is 10.6 Å². The Morgan fingerprint density at radius 3 is 2.46 bits per heavy atom. The van der Waals surface area contributed by atoms with Crippen LogP contribution in [-0.2, 0) is 4.79 Å². The van der Waals surface area contributed by atoms with Gasteiger partial charge in [-0.25, -0.2) is 0 Å². The molecule has 1 aliphatic heterocycles. The Morgan fingerprint density at radius 1 is 1.10 bits per heavy atom. The monoisotopic (exact) mass is 597 g/mol. The fourth-order valence-corrected chi connectivity index (χ4v) is 6.29. The summed E-state index contributed by atoms with van der Waals surface area (Å²) in [4.78, 5) is 28.7. The number of carbonyl (C=O) groups is 2. The summed E-state index contributed by atoms with van der Waals surface area (Å²) in [6.45, 7) is 6.13. The summed E-state index contributed by atoms with van der Waals surface area (Å²) in [5, 5.41) is 6.65. The molecule has 1 saturated heterocycles. The van der Waals surface area contributed by atoms with Crippen molar-refractivity contribution in [1.29, 1.82) is 0 Å². The Balaban J connectivity index is 1.48. The smallest absolute Gasteiger partial charge is 0.255 e. The maximum Gasteiger partial charge on any atom is 0.255 e. The van der Waals surface area contributed by atoms with Gasteiger partial charge in [-0.15, -0.1) is 0 Å². The van der Waals surface area contributed by atoms with Gasteiger partial charge in [0, 0.05) is 36.5 Å². The normalized spacial score (nSPS) is 18.0. The van der Waals surface area contributed by atoms with Gasteiger partial charge < -0.3 is 15.5 Å². The van der Waals surface area contributed by atoms with Gasteiger partial charge in [-0.1, -0.05) is 54.1 Å². The minimum atomic E-state index is -3.00. The third-order valence-electron chi connectivity index (χ3n) is 7.78. The van der Waals surface area contributed by atoms with E-state index in [0.717, 1.165) is 49.2 Å². The zero-order valence-electron chi connectivity index (χ0n) is 23.9. The lowest BCUT2D eigenvalue weighted by atomic mass is 9.93. The van der Waals surface area contributed by atoms with Gasteiger partial charge in [0.1, 0.15) is 0 Å². The predicted octanol–water partition coefficient (Wildman–Crippen LogP) is 6.92. The molecule has 41 heavy (non-hydrogen) atoms. The molecule has 9 heteroatoms. The Kier molecular flexibility index (Phi) is 10.4. The first-order valence-corrected chi connectivity index (χ1v) is 16.4. The lowest BCUT2D eigenvalue weighted by molar-refractivity contribution is -0.122. The van der Waals surface area contributed by atoms with Crippen LogP contribution in [-0.4, -0.2) is 51.7 Å². The second-order valence-electron chi connectivity index (χ2n) is 10.9. The number of amides is 2. The van der Waals surface area contributed by atoms with E-state index in [0.29, 0.717) is 40.1 Å². The number of carbonyl (C=O) groups excluding carboxylic acids is 2. The average molecular weight is 598 g/mol. The van der Waals surface area contributed by atoms with Crippen molar-refractivity contribution in [2.75, 3.05) is 25.9 Å². The topological polar surface area (TPSA) is 102 Å². The Morgan fingerprint density at radius 2 is 1.80 bits per heavy atom. The SMILES string of the molecule is CC1=C(N2CCC(CNC(=O)C(C)c3ccccc3)CC2)C(NC(=O)c2cccc(Cl)c2)=CC(S(C)(O)O)=CCC1. The molecule has 4 N–H and O–H groups in total. The van der Waals surface area contributed by atoms with Crippen molar-refractivity contribution in [2.24, 2.45) is 5.92 Å². The second-order valence-corrected chi connectivity index (χ2v) is 13.5. The van der Waals surface area contributed by atoms with E-state index in [9.17, 15) is 18.7 Å². The zero-order valence-corrected chi connectivity index (χ0v) is 25.5. The molecule has 0 aromatic heterocycles. The summed E-state index contributed by atoms with van der Waals surface area (Å²) >= 11 is 6.13. The van der Waals surface area contributed by atoms with Crippen LogP contribution in [0.25, 0.3) is 0 Å². The van der Waals surface area contributed by atoms with Crippen molar-refractivity contribution in [3.05, 3.63) is 105 Å². The van der Waals surface area contributed by atoms with E-state index in [2.05, 4.69) is 22.5 Å². The van der Waals surface area contributed by atoms with E-state index in [1.807, 2.05) is 43.3 Å². The summed E-state index contributed by atoms with van der Waals surface area (Å²) in [6, 6.07) is 16.5. The van der Waals surface area contributed by atoms with E-state index >= 15 is 0 Å². The molecule has 1 aliphatic carbocycles. The van der Waals surface area contributed by atoms with Gasteiger partial charge in [-0.3, -0.25) is 18.7 Å². The molecule has 1 atom stereocenters. The van der Waals surface area contributed by atoms with Crippen LogP contribution in [0, 0.1) is 5.92 Å². The highest BCUT2D eigenvalue weighted by atomic mass is 35.5. The number of benzene rings is 2. The molecule has 2 aromatic rings. The van der Waals surface area contributed by atoms with Crippen LogP contribution >= 0.6 is 22.2 Å². The van der Waals surface area contributed by atoms with Gasteiger partial charge in [0.15, 0.2) is 0 Å². The summed E-state index contributed by atoms with van der Waals surface area (Å²) in [5.41, 5.74) is 4.00. The van der Waals surface area contributed by atoms with Gasteiger partial charge >= 0.3 is 0 Å². The molecule has 0 saturated carbocycles. The van der Waals surface area contributed by atoms with Gasteiger partial charge in [-0.2, -0.15) is 10.6 Å². The van der Waals surface area contributed by atoms with E-state index in [4.69, 9.17) is 11.6 Å². The molecule has 7 nitrogen and oxygen atoms in total. The molecule has 1 unspecified atom stereocenters. The molecule has 220 valence electrons. The van der Waals surface area contributed by atoms with Gasteiger partial charge in [0.2, 0.25) is 5.91 Å². The number of likely N-dealkylation sites (tertiary alicyclic amines) is 1. The number of rotatable bonds is 8. The van der Waals surface area contributed by atoms with Crippen LogP contribution in [0.4, 0.5) is 0 Å². The van der Waals surface area contributed by atoms with E-state index in [1.54, 1.807) is 30.3 Å². The highest BCUT2D eigenvalue weighted by Crippen LogP contribution is 2.46. The number of hydrogen-bond donors (Lipinski definition) is 4. The first kappa shape index (κ1) is 30.9. The largest absolute Gasteiger partial charge is 0.370 e. The minimum Gasteiger partial charge on any atom is -0.370 e. The molecular weight excluding hydrogens is 558 g/mol. The number of halogens is 1. The van der Waals surface area contributed by atoms with Crippen molar-refractivity contribution in [3.8, 4) is 0 Å². The van der Waals surface area contributed by atoms with E-state index in [1.165, 1.54) is 6.26 Å². The van der Waals surface area contributed by atoms with Gasteiger partial charge in [0.25, 0.3) is 5.91 Å². The molecule has 1 heterocycles. The van der Waals surface area contributed by atoms with E-state index in [-0.39, 0.29) is 17.7 Å². The highest BCUT2D eigenvalue weighted by molar-refractivity contribution is 8.27. The average Bonchev–Trinajstić information content (AvgIpc) is 2.94. The Bertz CT molecular complexity index is 1340. The summed E-state index contributed by atoms with van der Waals surface area (Å²) < 4.78 is 21.0. The van der Waals surface area contributed by atoms with Crippen LogP contribution in [0.2, 0.25) is 5.02 Å². The van der Waals surface area contributed by atoms with Crippen LogP contribution in [0.5, 0.6) is 0 Å². The first-order valence-electron chi connectivity index (χ1n) is 14.0. The number of hydrogen-bond acceptors (Lipinski definition) is 5. The summed E-state index contributed by atoms with van der Waals surface area (Å²) in [5.74, 6) is -0.146. The van der Waals surface area contributed by atoms with Crippen molar-refractivity contribution >= 4 is 34.0 Å². The summed E-state index contributed by atoms with van der Waals surface area (Å²) in [7, 11) is -3.00. The van der Waals surface area contributed by atoms with Crippen molar-refractivity contribution in [3.63, 3.8) is 0 Å². The maximum atomic E-state index is 13.3. The third kappa shape index (κ3) is 8.26. The van der Waals surface area contributed by atoms with Crippen LogP contribution in [0.3, 0.4) is 0 Å². The highest BCUT2D eigenvalue weighted by Gasteiger charge is 2.27. The lowest BCUT2D eigenvalue weighted by Gasteiger charge is -2.38. The van der Waals surface area contributed by atoms with Crippen molar-refractivity contribution in [1.82, 2.24) is 15.5 Å². The number of nitrogens with one attached hydrogen (secondary N) is 2. The number of piperidine rings is 1. The van der Waals surface area contributed by atoms with Gasteiger partial charge in [-0.05, 0) is 80.9 Å². The molecule has 4 rings (SSSR count). The standard InChI is InChI=1S/C32H40ClN3O4S/c1-22-9-7-14-28(41(3,39)40)20-29(35-32(38)26-12-8-13-27(33)19-26)30(22)36-17-15-24(16-18-36)21-34-31(37)23(2)25-10-5-4-6-11-25/h4-6,8,10-14,19-20,23-24,39-40H,7,9,15-18,21H2,1-3H3,(H,34,37)(H,35,38). The minimum absolute atomic E-state index is 0.0315. The van der Waals surface area contributed by atoms with Crippen molar-refractivity contribution < 1.29 is 18.7 Å². The zero-order chi connectivity index (χ0) is 29.6. The molecule has 0 bridgehead atoms. The molecule has 0 radical (unpaired) electrons. The molecule has 0 spiro atoms. The van der Waals surface area contributed by atoms with E-state index < -0.39 is 10.6 Å². The molecular formula is C32H40ClN3O4S. The summed E-state index contributed by atoms with van der Waals surface area (Å²) in [6.07, 6.45) is 8.12. The van der Waals surface area contributed by atoms with Crippen LogP contribution in [0.15, 0.2) is 88.6 Å². The number of nitrogens with zero attached hydrogens (tertiary/aromatic N) is 1. The molecule has 2 amide bonds. The molecule has 2 aliphatic rings. The lowest BCUT2D eigenvalue weighted by Crippen LogP contribution is -2.41. The third-order valence-corrected chi connectivity index (χ3v) is 9.19.